The Hall–Kier alpha value is -2.88. The minimum atomic E-state index is -0.568. The molecule has 5 N–H and O–H groups in total. The molecule has 0 aliphatic heterocycles. The first-order valence-electron chi connectivity index (χ1n) is 12.9. The number of ether oxygens (including phenoxy) is 2. The first-order valence-corrected chi connectivity index (χ1v) is 13.3. The molecule has 3 aliphatic rings. The van der Waals surface area contributed by atoms with Crippen LogP contribution in [0.4, 0.5) is 17.5 Å². The Bertz CT molecular complexity index is 1190. The van der Waals surface area contributed by atoms with E-state index in [1.807, 2.05) is 6.08 Å². The number of amides is 1. The van der Waals surface area contributed by atoms with Crippen LogP contribution >= 0.6 is 11.6 Å². The molecular formula is C27H35ClN6O3. The lowest BCUT2D eigenvalue weighted by Gasteiger charge is -2.32. The van der Waals surface area contributed by atoms with Crippen molar-refractivity contribution in [1.82, 2.24) is 15.3 Å². The zero-order chi connectivity index (χ0) is 26.0. The Balaban J connectivity index is 1.35. The van der Waals surface area contributed by atoms with Gasteiger partial charge in [0.25, 0.3) is 0 Å². The molecule has 37 heavy (non-hydrogen) atoms. The number of anilines is 3. The molecule has 1 heterocycles. The minimum Gasteiger partial charge on any atom is -0.495 e. The van der Waals surface area contributed by atoms with Crippen LogP contribution in [0.1, 0.15) is 36.8 Å². The third kappa shape index (κ3) is 5.39. The van der Waals surface area contributed by atoms with Crippen molar-refractivity contribution >= 4 is 35.0 Å². The van der Waals surface area contributed by atoms with E-state index in [1.54, 1.807) is 20.4 Å². The lowest BCUT2D eigenvalue weighted by Crippen LogP contribution is -2.46. The Labute approximate surface area is 222 Å². The standard InChI is InChI=1S/C27H35ClN6O3/c1-36-10-9-30-19-5-3-17-12-22(23(37-2)13-18(17)4-6-19)32-26-31-15-21(28)25(33-26)34-27-8-7-16(14-27)11-20(27)24(29)35/h7-8,12-13,15-16,19-20,30H,3-6,9-11,14H2,1-2H3,(H2,29,35)(H2,31,32,33,34). The maximum absolute atomic E-state index is 12.1. The van der Waals surface area contributed by atoms with Crippen LogP contribution in [0, 0.1) is 11.8 Å². The van der Waals surface area contributed by atoms with Crippen LogP contribution in [0.3, 0.4) is 0 Å². The van der Waals surface area contributed by atoms with Crippen molar-refractivity contribution in [2.75, 3.05) is 38.0 Å². The predicted octanol–water partition coefficient (Wildman–Crippen LogP) is 3.60. The molecule has 1 saturated carbocycles. The maximum Gasteiger partial charge on any atom is 0.229 e. The third-order valence-corrected chi connectivity index (χ3v) is 8.17. The predicted molar refractivity (Wildman–Crippen MR) is 145 cm³/mol. The van der Waals surface area contributed by atoms with E-state index in [1.165, 1.54) is 11.1 Å². The van der Waals surface area contributed by atoms with Gasteiger partial charge in [-0.2, -0.15) is 4.98 Å². The monoisotopic (exact) mass is 526 g/mol. The SMILES string of the molecule is COCCNC1CCc2cc(Nc3ncc(Cl)c(NC45C=CC(CC4C(N)=O)C5)n3)c(OC)cc2CC1. The fraction of sp³-hybridized carbons (Fsp3) is 0.519. The Morgan fingerprint density at radius 3 is 2.73 bits per heavy atom. The van der Waals surface area contributed by atoms with Crippen molar-refractivity contribution in [3.05, 3.63) is 46.6 Å². The summed E-state index contributed by atoms with van der Waals surface area (Å²) in [5.41, 5.74) is 8.55. The first kappa shape index (κ1) is 25.8. The zero-order valence-electron chi connectivity index (χ0n) is 21.4. The molecule has 9 nitrogen and oxygen atoms in total. The van der Waals surface area contributed by atoms with Gasteiger partial charge >= 0.3 is 0 Å². The number of methoxy groups -OCH3 is 2. The molecule has 5 rings (SSSR count). The largest absolute Gasteiger partial charge is 0.495 e. The molecule has 0 saturated heterocycles. The fourth-order valence-corrected chi connectivity index (χ4v) is 6.13. The van der Waals surface area contributed by atoms with Crippen LogP contribution in [0.25, 0.3) is 0 Å². The molecule has 2 aromatic rings. The maximum atomic E-state index is 12.1. The number of aryl methyl sites for hydroxylation is 2. The van der Waals surface area contributed by atoms with Crippen LogP contribution in [-0.2, 0) is 22.4 Å². The van der Waals surface area contributed by atoms with Crippen molar-refractivity contribution in [2.45, 2.75) is 50.1 Å². The summed E-state index contributed by atoms with van der Waals surface area (Å²) >= 11 is 6.47. The van der Waals surface area contributed by atoms with Crippen molar-refractivity contribution < 1.29 is 14.3 Å². The zero-order valence-corrected chi connectivity index (χ0v) is 22.1. The number of nitrogens with one attached hydrogen (secondary N) is 3. The van der Waals surface area contributed by atoms with E-state index in [-0.39, 0.29) is 11.8 Å². The summed E-state index contributed by atoms with van der Waals surface area (Å²) in [6.45, 7) is 1.57. The molecule has 4 atom stereocenters. The van der Waals surface area contributed by atoms with Gasteiger partial charge in [0, 0.05) is 19.7 Å². The summed E-state index contributed by atoms with van der Waals surface area (Å²) in [6.07, 6.45) is 11.4. The van der Waals surface area contributed by atoms with Crippen LogP contribution < -0.4 is 26.4 Å². The topological polar surface area (TPSA) is 123 Å². The van der Waals surface area contributed by atoms with Crippen molar-refractivity contribution in [3.8, 4) is 5.75 Å². The molecule has 0 radical (unpaired) electrons. The number of benzene rings is 1. The number of hydrogen-bond acceptors (Lipinski definition) is 8. The molecular weight excluding hydrogens is 492 g/mol. The van der Waals surface area contributed by atoms with E-state index in [9.17, 15) is 4.79 Å². The van der Waals surface area contributed by atoms with Gasteiger partial charge < -0.3 is 31.2 Å². The summed E-state index contributed by atoms with van der Waals surface area (Å²) in [5, 5.41) is 10.7. The summed E-state index contributed by atoms with van der Waals surface area (Å²) in [6, 6.07) is 4.71. The van der Waals surface area contributed by atoms with Gasteiger partial charge in [-0.25, -0.2) is 4.98 Å². The molecule has 198 valence electrons. The Morgan fingerprint density at radius 2 is 2.03 bits per heavy atom. The van der Waals surface area contributed by atoms with Gasteiger partial charge in [-0.3, -0.25) is 4.79 Å². The van der Waals surface area contributed by atoms with E-state index >= 15 is 0 Å². The molecule has 3 aliphatic carbocycles. The highest BCUT2D eigenvalue weighted by Gasteiger charge is 2.51. The molecule has 1 fully saturated rings. The van der Waals surface area contributed by atoms with Gasteiger partial charge in [-0.15, -0.1) is 0 Å². The van der Waals surface area contributed by atoms with E-state index in [0.29, 0.717) is 35.4 Å². The number of nitrogens with two attached hydrogens (primary N) is 1. The van der Waals surface area contributed by atoms with Crippen LogP contribution in [0.15, 0.2) is 30.5 Å². The highest BCUT2D eigenvalue weighted by Crippen LogP contribution is 2.49. The molecule has 1 amide bonds. The minimum absolute atomic E-state index is 0.303. The molecule has 4 unspecified atom stereocenters. The lowest BCUT2D eigenvalue weighted by atomic mass is 9.85. The first-order chi connectivity index (χ1) is 17.9. The van der Waals surface area contributed by atoms with E-state index in [0.717, 1.165) is 56.5 Å². The van der Waals surface area contributed by atoms with Gasteiger partial charge in [0.2, 0.25) is 11.9 Å². The highest BCUT2D eigenvalue weighted by molar-refractivity contribution is 6.32. The second-order valence-corrected chi connectivity index (χ2v) is 10.6. The van der Waals surface area contributed by atoms with E-state index in [2.05, 4.69) is 44.1 Å². The summed E-state index contributed by atoms with van der Waals surface area (Å²) in [7, 11) is 3.39. The number of primary amides is 1. The molecule has 0 spiro atoms. The van der Waals surface area contributed by atoms with Crippen molar-refractivity contribution in [3.63, 3.8) is 0 Å². The van der Waals surface area contributed by atoms with Crippen LogP contribution in [-0.4, -0.2) is 54.8 Å². The quantitative estimate of drug-likeness (QED) is 0.210. The number of fused-ring (bicyclic) bond motifs is 3. The number of halogens is 1. The van der Waals surface area contributed by atoms with Gasteiger partial charge in [-0.05, 0) is 67.7 Å². The Kier molecular flexibility index (Phi) is 7.55. The number of nitrogens with zero attached hydrogens (tertiary/aromatic N) is 2. The van der Waals surface area contributed by atoms with Gasteiger partial charge in [0.1, 0.15) is 10.8 Å². The van der Waals surface area contributed by atoms with E-state index < -0.39 is 5.54 Å². The summed E-state index contributed by atoms with van der Waals surface area (Å²) < 4.78 is 10.9. The van der Waals surface area contributed by atoms with Crippen LogP contribution in [0.2, 0.25) is 5.02 Å². The highest BCUT2D eigenvalue weighted by atomic mass is 35.5. The number of allylic oxidation sites excluding steroid dienone is 1. The number of rotatable bonds is 10. The van der Waals surface area contributed by atoms with Gasteiger partial charge in [0.05, 0.1) is 37.1 Å². The van der Waals surface area contributed by atoms with E-state index in [4.69, 9.17) is 26.8 Å². The summed E-state index contributed by atoms with van der Waals surface area (Å²) in [5.74, 6) is 1.32. The summed E-state index contributed by atoms with van der Waals surface area (Å²) in [4.78, 5) is 21.2. The van der Waals surface area contributed by atoms with Crippen molar-refractivity contribution in [1.29, 1.82) is 0 Å². The normalized spacial score (nSPS) is 26.0. The van der Waals surface area contributed by atoms with Gasteiger partial charge in [0.15, 0.2) is 5.82 Å². The van der Waals surface area contributed by atoms with Crippen molar-refractivity contribution in [2.24, 2.45) is 17.6 Å². The molecule has 1 aromatic carbocycles. The third-order valence-electron chi connectivity index (χ3n) is 7.90. The molecule has 10 heteroatoms. The number of carbonyl (C=O) groups is 1. The molecule has 1 aromatic heterocycles. The number of hydrogen-bond donors (Lipinski definition) is 4. The number of carbonyl (C=O) groups excluding carboxylic acids is 1. The number of aromatic nitrogens is 2. The van der Waals surface area contributed by atoms with Gasteiger partial charge in [-0.1, -0.05) is 23.8 Å². The Morgan fingerprint density at radius 1 is 1.24 bits per heavy atom. The average molecular weight is 527 g/mol. The molecule has 2 bridgehead atoms. The fourth-order valence-electron chi connectivity index (χ4n) is 5.99. The lowest BCUT2D eigenvalue weighted by molar-refractivity contribution is -0.122. The second-order valence-electron chi connectivity index (χ2n) is 10.2. The van der Waals surface area contributed by atoms with Crippen LogP contribution in [0.5, 0.6) is 5.75 Å². The smallest absolute Gasteiger partial charge is 0.229 e. The average Bonchev–Trinajstić information content (AvgIpc) is 3.39. The second kappa shape index (κ2) is 10.8.